The van der Waals surface area contributed by atoms with Crippen LogP contribution in [-0.4, -0.2) is 29.6 Å². The summed E-state index contributed by atoms with van der Waals surface area (Å²) in [6.45, 7) is 8.45. The molecule has 0 saturated heterocycles. The molecular weight excluding hydrogens is 967 g/mol. The fourth-order valence-corrected chi connectivity index (χ4v) is 7.65. The van der Waals surface area contributed by atoms with E-state index in [4.69, 9.17) is 0 Å². The van der Waals surface area contributed by atoms with E-state index in [-0.39, 0.29) is 20.1 Å². The molecule has 0 N–H and O–H groups in total. The maximum Gasteiger partial charge on any atom is 0.242 e. The molecule has 64 heavy (non-hydrogen) atoms. The van der Waals surface area contributed by atoms with Crippen LogP contribution < -0.4 is 14.2 Å². The van der Waals surface area contributed by atoms with E-state index in [1.165, 1.54) is 33.4 Å². The summed E-state index contributed by atoms with van der Waals surface area (Å²) in [5.74, 6) is 0.464. The zero-order valence-electron chi connectivity index (χ0n) is 36.5. The van der Waals surface area contributed by atoms with Gasteiger partial charge in [0.15, 0.2) is 0 Å². The van der Waals surface area contributed by atoms with Gasteiger partial charge in [-0.25, -0.2) is 0 Å². The van der Waals surface area contributed by atoms with Crippen LogP contribution in [0.4, 0.5) is 0 Å². The molecule has 1 radical (unpaired) electrons. The molecule has 0 aliphatic carbocycles. The van der Waals surface area contributed by atoms with E-state index in [0.717, 1.165) is 45.3 Å². The van der Waals surface area contributed by atoms with Crippen molar-refractivity contribution in [3.8, 4) is 67.9 Å². The summed E-state index contributed by atoms with van der Waals surface area (Å²) in [5.41, 5.74) is 16.8. The van der Waals surface area contributed by atoms with Crippen LogP contribution in [0.15, 0.2) is 170 Å². The molecule has 0 aliphatic heterocycles. The van der Waals surface area contributed by atoms with E-state index in [9.17, 15) is 0 Å². The first-order valence-electron chi connectivity index (χ1n) is 20.7. The molecule has 4 aromatic heterocycles. The quantitative estimate of drug-likeness (QED) is 0.117. The van der Waals surface area contributed by atoms with Gasteiger partial charge in [0.1, 0.15) is 0 Å². The molecule has 4 heterocycles. The number of aromatic nitrogens is 9. The summed E-state index contributed by atoms with van der Waals surface area (Å²) in [5, 5.41) is 14.0. The number of rotatable bonds is 7. The van der Waals surface area contributed by atoms with Crippen LogP contribution in [-0.2, 0) is 34.2 Å². The Morgan fingerprint density at radius 1 is 0.516 bits per heavy atom. The van der Waals surface area contributed by atoms with Crippen molar-refractivity contribution in [1.29, 1.82) is 0 Å². The minimum Gasteiger partial charge on any atom is -0.341 e. The Morgan fingerprint density at radius 2 is 0.922 bits per heavy atom. The van der Waals surface area contributed by atoms with Crippen molar-refractivity contribution >= 4 is 0 Å². The third-order valence-electron chi connectivity index (χ3n) is 10.4. The normalized spacial score (nSPS) is 10.5. The number of benzene rings is 6. The Hall–Kier alpha value is -7.39. The Labute approximate surface area is 388 Å². The predicted molar refractivity (Wildman–Crippen MR) is 246 cm³/mol. The molecule has 0 saturated carbocycles. The Balaban J connectivity index is 0.000000153. The number of imidazole rings is 2. The first kappa shape index (κ1) is 44.7. The molecule has 10 aromatic rings. The SMILES string of the molecule is Cc1c[c-]c(-n2[c-][n+](C)c(-c3ccccc3)c2-c2ccccc2)c(C)c1.Cc1c[c-]c(-n2[c-][n+](C)c(-c3ccccc3)c2-c2ccccc2)c(C)c1.[Ir].c1ccc(-c2nnn[n-]2)nc1. The molecule has 0 amide bonds. The number of aryl methyl sites for hydroxylation is 6. The van der Waals surface area contributed by atoms with Crippen LogP contribution in [0.3, 0.4) is 0 Å². The Morgan fingerprint density at radius 3 is 1.28 bits per heavy atom. The average molecular weight is 1010 g/mol. The first-order valence-corrected chi connectivity index (χ1v) is 20.7. The molecule has 10 rings (SSSR count). The van der Waals surface area contributed by atoms with E-state index in [1.54, 1.807) is 12.3 Å². The van der Waals surface area contributed by atoms with Crippen molar-refractivity contribution in [2.24, 2.45) is 14.1 Å². The second kappa shape index (κ2) is 20.7. The van der Waals surface area contributed by atoms with Crippen LogP contribution in [0, 0.1) is 52.5 Å². The summed E-state index contributed by atoms with van der Waals surface area (Å²) in [6.07, 6.45) is 8.65. The number of nitrogens with zero attached hydrogens (tertiary/aromatic N) is 9. The van der Waals surface area contributed by atoms with Gasteiger partial charge < -0.3 is 23.4 Å². The molecule has 0 aliphatic rings. The van der Waals surface area contributed by atoms with Gasteiger partial charge in [-0.1, -0.05) is 166 Å². The van der Waals surface area contributed by atoms with E-state index >= 15 is 0 Å². The second-order valence-electron chi connectivity index (χ2n) is 15.2. The maximum atomic E-state index is 4.02. The van der Waals surface area contributed by atoms with Crippen molar-refractivity contribution in [2.75, 3.05) is 0 Å². The van der Waals surface area contributed by atoms with E-state index in [0.29, 0.717) is 11.5 Å². The maximum absolute atomic E-state index is 4.02. The predicted octanol–water partition coefficient (Wildman–Crippen LogP) is 9.59. The largest absolute Gasteiger partial charge is 0.341 e. The number of tetrazole rings is 1. The van der Waals surface area contributed by atoms with Gasteiger partial charge in [-0.05, 0) is 34.4 Å². The Bertz CT molecular complexity index is 2860. The molecule has 0 bridgehead atoms. The molecule has 0 fully saturated rings. The van der Waals surface area contributed by atoms with Crippen molar-refractivity contribution in [3.63, 3.8) is 0 Å². The smallest absolute Gasteiger partial charge is 0.242 e. The summed E-state index contributed by atoms with van der Waals surface area (Å²) in [6, 6.07) is 62.8. The number of hydrogen-bond acceptors (Lipinski definition) is 4. The van der Waals surface area contributed by atoms with Gasteiger partial charge in [-0.3, -0.25) is 15.3 Å². The summed E-state index contributed by atoms with van der Waals surface area (Å²) < 4.78 is 8.41. The Kier molecular flexibility index (Phi) is 14.4. The van der Waals surface area contributed by atoms with E-state index in [2.05, 4.69) is 220 Å². The van der Waals surface area contributed by atoms with Gasteiger partial charge >= 0.3 is 0 Å². The van der Waals surface area contributed by atoms with Crippen LogP contribution in [0.5, 0.6) is 0 Å². The minimum atomic E-state index is 0. The first-order chi connectivity index (χ1) is 30.8. The van der Waals surface area contributed by atoms with Gasteiger partial charge in [0.2, 0.25) is 12.7 Å². The van der Waals surface area contributed by atoms with Crippen LogP contribution >= 0.6 is 0 Å². The molecule has 319 valence electrons. The summed E-state index contributed by atoms with van der Waals surface area (Å²) >= 11 is 0. The molecule has 9 nitrogen and oxygen atoms in total. The van der Waals surface area contributed by atoms with Crippen LogP contribution in [0.2, 0.25) is 0 Å². The van der Waals surface area contributed by atoms with Crippen molar-refractivity contribution < 1.29 is 29.2 Å². The fraction of sp³-hybridized carbons (Fsp3) is 0.111. The zero-order chi connectivity index (χ0) is 43.7. The summed E-state index contributed by atoms with van der Waals surface area (Å²) in [7, 11) is 4.10. The van der Waals surface area contributed by atoms with Crippen LogP contribution in [0.1, 0.15) is 22.3 Å². The molecule has 10 heteroatoms. The minimum absolute atomic E-state index is 0. The third kappa shape index (κ3) is 9.95. The monoisotopic (exact) mass is 1010 g/mol. The van der Waals surface area contributed by atoms with Gasteiger partial charge in [-0.15, -0.1) is 0 Å². The van der Waals surface area contributed by atoms with Gasteiger partial charge in [0.05, 0.1) is 48.4 Å². The second-order valence-corrected chi connectivity index (χ2v) is 15.2. The molecule has 6 aromatic carbocycles. The zero-order valence-corrected chi connectivity index (χ0v) is 38.9. The fourth-order valence-electron chi connectivity index (χ4n) is 7.65. The molecule has 0 spiro atoms. The van der Waals surface area contributed by atoms with Gasteiger partial charge in [0, 0.05) is 26.3 Å². The van der Waals surface area contributed by atoms with E-state index < -0.39 is 0 Å². The van der Waals surface area contributed by atoms with Crippen molar-refractivity contribution in [2.45, 2.75) is 27.7 Å². The van der Waals surface area contributed by atoms with Crippen molar-refractivity contribution in [1.82, 2.24) is 34.7 Å². The van der Waals surface area contributed by atoms with Crippen molar-refractivity contribution in [3.05, 3.63) is 217 Å². The standard InChI is InChI=1S/2C24H21N2.C6H4N5.Ir/c2*1-18-14-15-22(19(2)16-18)26-17-25(3)23(20-10-6-4-7-11-20)24(26)21-12-8-5-9-13-21;1-2-4-7-5(3-1)6-8-10-11-9-6;/h2*4-14,16H,1-3H3;1-4H;/q3*-1;. The van der Waals surface area contributed by atoms with Gasteiger partial charge in [-0.2, -0.15) is 63.9 Å². The van der Waals surface area contributed by atoms with E-state index in [1.807, 2.05) is 48.5 Å². The molecular formula is C54H46IrN9-3. The molecule has 0 atom stereocenters. The number of hydrogen-bond donors (Lipinski definition) is 0. The van der Waals surface area contributed by atoms with Crippen LogP contribution in [0.25, 0.3) is 67.9 Å². The third-order valence-corrected chi connectivity index (χ3v) is 10.4. The average Bonchev–Trinajstić information content (AvgIpc) is 4.06. The number of pyridine rings is 1. The summed E-state index contributed by atoms with van der Waals surface area (Å²) in [4.78, 5) is 4.02. The van der Waals surface area contributed by atoms with Gasteiger partial charge in [0.25, 0.3) is 0 Å². The molecule has 0 unspecified atom stereocenters. The topological polar surface area (TPSA) is 83.3 Å².